The van der Waals surface area contributed by atoms with Crippen molar-refractivity contribution in [3.05, 3.63) is 42.1 Å². The van der Waals surface area contributed by atoms with E-state index in [1.807, 2.05) is 12.1 Å². The molecule has 0 spiro atoms. The molecular formula is C21H27N3O4. The Hall–Kier alpha value is -2.80. The molecule has 1 aromatic carbocycles. The Kier molecular flexibility index (Phi) is 7.08. The predicted molar refractivity (Wildman–Crippen MR) is 106 cm³/mol. The van der Waals surface area contributed by atoms with Crippen LogP contribution in [0.15, 0.2) is 36.5 Å². The van der Waals surface area contributed by atoms with E-state index in [1.54, 1.807) is 38.6 Å². The maximum atomic E-state index is 12.0. The van der Waals surface area contributed by atoms with Gasteiger partial charge >= 0.3 is 0 Å². The van der Waals surface area contributed by atoms with Gasteiger partial charge in [0, 0.05) is 25.2 Å². The number of benzene rings is 1. The van der Waals surface area contributed by atoms with Crippen LogP contribution in [0.4, 0.5) is 0 Å². The molecule has 28 heavy (non-hydrogen) atoms. The van der Waals surface area contributed by atoms with E-state index < -0.39 is 0 Å². The predicted octanol–water partition coefficient (Wildman–Crippen LogP) is 2.90. The van der Waals surface area contributed by atoms with Gasteiger partial charge in [-0.2, -0.15) is 0 Å². The van der Waals surface area contributed by atoms with Crippen LogP contribution in [0.5, 0.6) is 23.1 Å². The summed E-state index contributed by atoms with van der Waals surface area (Å²) in [6.07, 6.45) is 4.35. The quantitative estimate of drug-likeness (QED) is 0.691. The Bertz CT molecular complexity index is 751. The summed E-state index contributed by atoms with van der Waals surface area (Å²) in [4.78, 5) is 16.3. The van der Waals surface area contributed by atoms with Crippen molar-refractivity contribution in [2.45, 2.75) is 25.8 Å². The second-order valence-corrected chi connectivity index (χ2v) is 6.77. The van der Waals surface area contributed by atoms with E-state index >= 15 is 0 Å². The minimum atomic E-state index is 0.0750. The molecule has 1 fully saturated rings. The molecule has 0 saturated carbocycles. The Morgan fingerprint density at radius 3 is 2.61 bits per heavy atom. The van der Waals surface area contributed by atoms with Gasteiger partial charge < -0.3 is 24.8 Å². The molecule has 0 bridgehead atoms. The lowest BCUT2D eigenvalue weighted by Crippen LogP contribution is -2.23. The monoisotopic (exact) mass is 385 g/mol. The lowest BCUT2D eigenvalue weighted by atomic mass is 10.0. The molecule has 1 aliphatic rings. The van der Waals surface area contributed by atoms with E-state index in [2.05, 4.69) is 15.6 Å². The highest BCUT2D eigenvalue weighted by Crippen LogP contribution is 2.39. The van der Waals surface area contributed by atoms with Gasteiger partial charge in [0.1, 0.15) is 0 Å². The first-order valence-electron chi connectivity index (χ1n) is 9.50. The molecule has 1 amide bonds. The fraction of sp³-hybridized carbons (Fsp3) is 0.429. The summed E-state index contributed by atoms with van der Waals surface area (Å²) >= 11 is 0. The zero-order valence-electron chi connectivity index (χ0n) is 16.4. The third kappa shape index (κ3) is 5.36. The number of methoxy groups -OCH3 is 2. The van der Waals surface area contributed by atoms with Crippen molar-refractivity contribution < 1.29 is 19.0 Å². The maximum absolute atomic E-state index is 12.0. The molecule has 2 aromatic rings. The molecule has 0 aliphatic carbocycles. The fourth-order valence-electron chi connectivity index (χ4n) is 3.18. The molecule has 7 nitrogen and oxygen atoms in total. The van der Waals surface area contributed by atoms with E-state index in [-0.39, 0.29) is 5.91 Å². The van der Waals surface area contributed by atoms with Crippen molar-refractivity contribution in [3.8, 4) is 23.1 Å². The standard InChI is InChI=1S/C21H27N3O4/c1-26-17-4-3-5-18(27-2)21(17)28-20-9-7-16(14-24-20)13-23-19(25)8-6-15-10-11-22-12-15/h3-5,7,9,14-15,22H,6,8,10-13H2,1-2H3,(H,23,25). The third-order valence-corrected chi connectivity index (χ3v) is 4.82. The van der Waals surface area contributed by atoms with Crippen LogP contribution in [0.2, 0.25) is 0 Å². The number of hydrogen-bond acceptors (Lipinski definition) is 6. The number of nitrogens with one attached hydrogen (secondary N) is 2. The normalized spacial score (nSPS) is 15.9. The summed E-state index contributed by atoms with van der Waals surface area (Å²) in [6.45, 7) is 2.54. The number of pyridine rings is 1. The molecule has 150 valence electrons. The number of carbonyl (C=O) groups excluding carboxylic acids is 1. The summed E-state index contributed by atoms with van der Waals surface area (Å²) in [5, 5.41) is 6.27. The van der Waals surface area contributed by atoms with E-state index in [0.29, 0.717) is 42.0 Å². The summed E-state index contributed by atoms with van der Waals surface area (Å²) < 4.78 is 16.5. The zero-order chi connectivity index (χ0) is 19.8. The zero-order valence-corrected chi connectivity index (χ0v) is 16.4. The van der Waals surface area contributed by atoms with Crippen LogP contribution in [0, 0.1) is 5.92 Å². The molecule has 3 rings (SSSR count). The van der Waals surface area contributed by atoms with Crippen LogP contribution in [0.25, 0.3) is 0 Å². The van der Waals surface area contributed by atoms with Crippen LogP contribution in [-0.4, -0.2) is 38.2 Å². The largest absolute Gasteiger partial charge is 0.493 e. The molecule has 7 heteroatoms. The van der Waals surface area contributed by atoms with E-state index in [1.165, 1.54) is 0 Å². The van der Waals surface area contributed by atoms with Gasteiger partial charge in [0.2, 0.25) is 17.5 Å². The highest BCUT2D eigenvalue weighted by atomic mass is 16.5. The van der Waals surface area contributed by atoms with Crippen molar-refractivity contribution in [1.29, 1.82) is 0 Å². The van der Waals surface area contributed by atoms with Gasteiger partial charge in [0.05, 0.1) is 14.2 Å². The lowest BCUT2D eigenvalue weighted by molar-refractivity contribution is -0.121. The van der Waals surface area contributed by atoms with Crippen molar-refractivity contribution in [2.24, 2.45) is 5.92 Å². The Balaban J connectivity index is 1.52. The summed E-state index contributed by atoms with van der Waals surface area (Å²) in [7, 11) is 3.15. The second kappa shape index (κ2) is 9.94. The van der Waals surface area contributed by atoms with Gasteiger partial charge in [-0.25, -0.2) is 4.98 Å². The summed E-state index contributed by atoms with van der Waals surface area (Å²) in [5.74, 6) is 2.72. The van der Waals surface area contributed by atoms with Crippen molar-refractivity contribution in [1.82, 2.24) is 15.6 Å². The summed E-state index contributed by atoms with van der Waals surface area (Å²) in [5.41, 5.74) is 0.912. The Labute approximate surface area is 165 Å². The van der Waals surface area contributed by atoms with Crippen LogP contribution in [0.1, 0.15) is 24.8 Å². The van der Waals surface area contributed by atoms with Gasteiger partial charge in [0.25, 0.3) is 0 Å². The summed E-state index contributed by atoms with van der Waals surface area (Å²) in [6, 6.07) is 9.06. The first-order valence-corrected chi connectivity index (χ1v) is 9.50. The highest BCUT2D eigenvalue weighted by Gasteiger charge is 2.16. The Morgan fingerprint density at radius 1 is 1.21 bits per heavy atom. The van der Waals surface area contributed by atoms with Gasteiger partial charge in [0.15, 0.2) is 11.5 Å². The van der Waals surface area contributed by atoms with Crippen molar-refractivity contribution >= 4 is 5.91 Å². The second-order valence-electron chi connectivity index (χ2n) is 6.77. The maximum Gasteiger partial charge on any atom is 0.220 e. The minimum absolute atomic E-state index is 0.0750. The number of hydrogen-bond donors (Lipinski definition) is 2. The molecular weight excluding hydrogens is 358 g/mol. The number of carbonyl (C=O) groups is 1. The Morgan fingerprint density at radius 2 is 2.00 bits per heavy atom. The first-order chi connectivity index (χ1) is 13.7. The lowest BCUT2D eigenvalue weighted by Gasteiger charge is -2.13. The van der Waals surface area contributed by atoms with Gasteiger partial charge in [-0.05, 0) is 49.5 Å². The van der Waals surface area contributed by atoms with E-state index in [0.717, 1.165) is 31.5 Å². The molecule has 1 saturated heterocycles. The van der Waals surface area contributed by atoms with Crippen molar-refractivity contribution in [2.75, 3.05) is 27.3 Å². The number of para-hydroxylation sites is 1. The van der Waals surface area contributed by atoms with Crippen LogP contribution in [-0.2, 0) is 11.3 Å². The number of rotatable bonds is 9. The number of amides is 1. The van der Waals surface area contributed by atoms with Crippen molar-refractivity contribution in [3.63, 3.8) is 0 Å². The first kappa shape index (κ1) is 19.9. The average molecular weight is 385 g/mol. The minimum Gasteiger partial charge on any atom is -0.493 e. The molecule has 2 N–H and O–H groups in total. The fourth-order valence-corrected chi connectivity index (χ4v) is 3.18. The molecule has 0 radical (unpaired) electrons. The topological polar surface area (TPSA) is 81.7 Å². The molecule has 1 unspecified atom stereocenters. The molecule has 1 aliphatic heterocycles. The highest BCUT2D eigenvalue weighted by molar-refractivity contribution is 5.75. The van der Waals surface area contributed by atoms with Crippen LogP contribution in [0.3, 0.4) is 0 Å². The molecule has 1 atom stereocenters. The van der Waals surface area contributed by atoms with Crippen LogP contribution < -0.4 is 24.8 Å². The number of nitrogens with zero attached hydrogens (tertiary/aromatic N) is 1. The number of ether oxygens (including phenoxy) is 3. The van der Waals surface area contributed by atoms with E-state index in [9.17, 15) is 4.79 Å². The third-order valence-electron chi connectivity index (χ3n) is 4.82. The van der Waals surface area contributed by atoms with Gasteiger partial charge in [-0.1, -0.05) is 12.1 Å². The molecule has 1 aromatic heterocycles. The SMILES string of the molecule is COc1cccc(OC)c1Oc1ccc(CNC(=O)CCC2CCNC2)cn1. The van der Waals surface area contributed by atoms with Gasteiger partial charge in [-0.15, -0.1) is 0 Å². The smallest absolute Gasteiger partial charge is 0.220 e. The van der Waals surface area contributed by atoms with Gasteiger partial charge in [-0.3, -0.25) is 4.79 Å². The van der Waals surface area contributed by atoms with Crippen LogP contribution >= 0.6 is 0 Å². The average Bonchev–Trinajstić information content (AvgIpc) is 3.25. The molecule has 2 heterocycles. The van der Waals surface area contributed by atoms with E-state index in [4.69, 9.17) is 14.2 Å². The number of aromatic nitrogens is 1.